The van der Waals surface area contributed by atoms with Crippen LogP contribution >= 0.6 is 0 Å². The molecule has 1 aromatic rings. The number of carbonyl (C=O) groups is 2. The van der Waals surface area contributed by atoms with Crippen molar-refractivity contribution in [2.24, 2.45) is 0 Å². The van der Waals surface area contributed by atoms with Gasteiger partial charge in [-0.3, -0.25) is 9.59 Å². The number of alkyl halides is 4. The van der Waals surface area contributed by atoms with Crippen molar-refractivity contribution in [3.05, 3.63) is 29.8 Å². The molecule has 2 amide bonds. The lowest BCUT2D eigenvalue weighted by Crippen LogP contribution is -2.48. The molecule has 1 N–H and O–H groups in total. The Bertz CT molecular complexity index is 548. The molecule has 0 bridgehead atoms. The molecule has 20 heavy (non-hydrogen) atoms. The summed E-state index contributed by atoms with van der Waals surface area (Å²) in [6, 6.07) is 6.25. The van der Waals surface area contributed by atoms with Gasteiger partial charge in [0.1, 0.15) is 6.54 Å². The van der Waals surface area contributed by atoms with Crippen LogP contribution in [0.5, 0.6) is 0 Å². The first-order valence-electron chi connectivity index (χ1n) is 5.65. The molecule has 0 aliphatic carbocycles. The van der Waals surface area contributed by atoms with E-state index in [1.54, 1.807) is 12.1 Å². The first kappa shape index (κ1) is 14.3. The van der Waals surface area contributed by atoms with Gasteiger partial charge in [0.25, 0.3) is 5.91 Å². The summed E-state index contributed by atoms with van der Waals surface area (Å²) in [5.74, 6) is -7.58. The lowest BCUT2D eigenvalue weighted by Gasteiger charge is -2.24. The molecule has 4 nitrogen and oxygen atoms in total. The van der Waals surface area contributed by atoms with E-state index in [0.29, 0.717) is 16.2 Å². The molecule has 1 aromatic carbocycles. The third-order valence-electron chi connectivity index (χ3n) is 2.83. The molecule has 0 saturated carbocycles. The monoisotopic (exact) mass is 290 g/mol. The molecular weight excluding hydrogens is 280 g/mol. The predicted molar refractivity (Wildman–Crippen MR) is 61.4 cm³/mol. The van der Waals surface area contributed by atoms with Crippen LogP contribution < -0.4 is 5.32 Å². The first-order chi connectivity index (χ1) is 9.32. The highest BCUT2D eigenvalue weighted by atomic mass is 19.3. The molecule has 0 saturated heterocycles. The van der Waals surface area contributed by atoms with E-state index in [1.807, 2.05) is 0 Å². The van der Waals surface area contributed by atoms with Crippen molar-refractivity contribution in [2.75, 3.05) is 11.9 Å². The number of halogens is 4. The molecule has 108 valence electrons. The molecule has 1 aliphatic heterocycles. The van der Waals surface area contributed by atoms with Crippen molar-refractivity contribution in [1.82, 2.24) is 4.90 Å². The van der Waals surface area contributed by atoms with Crippen molar-refractivity contribution in [1.29, 1.82) is 0 Å². The van der Waals surface area contributed by atoms with Crippen LogP contribution in [0, 0.1) is 0 Å². The zero-order valence-electron chi connectivity index (χ0n) is 10.1. The Kier molecular flexibility index (Phi) is 3.65. The van der Waals surface area contributed by atoms with E-state index < -0.39 is 30.7 Å². The van der Waals surface area contributed by atoms with E-state index in [2.05, 4.69) is 5.32 Å². The number of carbonyl (C=O) groups excluding carboxylic acids is 2. The molecule has 2 rings (SSSR count). The van der Waals surface area contributed by atoms with Crippen LogP contribution in [0.4, 0.5) is 23.2 Å². The van der Waals surface area contributed by atoms with Gasteiger partial charge in [-0.2, -0.15) is 8.78 Å². The minimum absolute atomic E-state index is 0.337. The fraction of sp³-hybridized carbons (Fsp3) is 0.333. The summed E-state index contributed by atoms with van der Waals surface area (Å²) in [6.45, 7) is -1.04. The number of rotatable bonds is 2. The average molecular weight is 290 g/mol. The van der Waals surface area contributed by atoms with Crippen LogP contribution in [0.3, 0.4) is 0 Å². The largest absolute Gasteiger partial charge is 0.383 e. The molecule has 0 fully saturated rings. The van der Waals surface area contributed by atoms with Crippen LogP contribution in [0.1, 0.15) is 5.56 Å². The second-order valence-corrected chi connectivity index (χ2v) is 4.29. The highest BCUT2D eigenvalue weighted by molar-refractivity contribution is 5.97. The fourth-order valence-corrected chi connectivity index (χ4v) is 1.85. The highest BCUT2D eigenvalue weighted by Crippen LogP contribution is 2.28. The zero-order chi connectivity index (χ0) is 14.9. The maximum absolute atomic E-state index is 13.1. The van der Waals surface area contributed by atoms with Crippen LogP contribution in [-0.4, -0.2) is 35.6 Å². The SMILES string of the molecule is O=C1CN(C(=O)C(F)(F)C(F)F)Cc2ccccc2N1. The number of hydrogen-bond donors (Lipinski definition) is 1. The van der Waals surface area contributed by atoms with Crippen molar-refractivity contribution in [3.63, 3.8) is 0 Å². The Morgan fingerprint density at radius 1 is 1.25 bits per heavy atom. The first-order valence-corrected chi connectivity index (χ1v) is 5.65. The molecule has 0 unspecified atom stereocenters. The van der Waals surface area contributed by atoms with E-state index >= 15 is 0 Å². The van der Waals surface area contributed by atoms with Gasteiger partial charge in [0.05, 0.1) is 0 Å². The third-order valence-corrected chi connectivity index (χ3v) is 2.83. The summed E-state index contributed by atoms with van der Waals surface area (Å²) < 4.78 is 50.6. The maximum atomic E-state index is 13.1. The Labute approximate surface area is 111 Å². The normalized spacial score (nSPS) is 15.7. The van der Waals surface area contributed by atoms with Crippen LogP contribution in [0.25, 0.3) is 0 Å². The topological polar surface area (TPSA) is 49.4 Å². The van der Waals surface area contributed by atoms with E-state index in [-0.39, 0.29) is 6.54 Å². The number of anilines is 1. The second-order valence-electron chi connectivity index (χ2n) is 4.29. The number of para-hydroxylation sites is 1. The summed E-state index contributed by atoms with van der Waals surface area (Å²) in [6.07, 6.45) is -4.11. The van der Waals surface area contributed by atoms with Gasteiger partial charge >= 0.3 is 12.3 Å². The number of hydrogen-bond acceptors (Lipinski definition) is 2. The lowest BCUT2D eigenvalue weighted by atomic mass is 10.1. The van der Waals surface area contributed by atoms with Gasteiger partial charge in [-0.15, -0.1) is 0 Å². The summed E-state index contributed by atoms with van der Waals surface area (Å²) in [7, 11) is 0. The molecule has 8 heteroatoms. The van der Waals surface area contributed by atoms with E-state index in [0.717, 1.165) is 0 Å². The Morgan fingerprint density at radius 3 is 2.55 bits per heavy atom. The maximum Gasteiger partial charge on any atom is 0.383 e. The van der Waals surface area contributed by atoms with Gasteiger partial charge in [-0.05, 0) is 11.6 Å². The van der Waals surface area contributed by atoms with Crippen LogP contribution in [0.2, 0.25) is 0 Å². The minimum atomic E-state index is -4.81. The minimum Gasteiger partial charge on any atom is -0.324 e. The highest BCUT2D eigenvalue weighted by Gasteiger charge is 2.51. The van der Waals surface area contributed by atoms with E-state index in [4.69, 9.17) is 0 Å². The number of benzene rings is 1. The molecule has 0 radical (unpaired) electrons. The number of fused-ring (bicyclic) bond motifs is 1. The van der Waals surface area contributed by atoms with Gasteiger partial charge in [0.15, 0.2) is 0 Å². The smallest absolute Gasteiger partial charge is 0.324 e. The Balaban J connectivity index is 2.30. The fourth-order valence-electron chi connectivity index (χ4n) is 1.85. The number of nitrogens with one attached hydrogen (secondary N) is 1. The summed E-state index contributed by atoms with van der Waals surface area (Å²) in [5.41, 5.74) is 0.768. The van der Waals surface area contributed by atoms with Gasteiger partial charge < -0.3 is 10.2 Å². The summed E-state index contributed by atoms with van der Waals surface area (Å²) in [5, 5.41) is 2.42. The van der Waals surface area contributed by atoms with Crippen molar-refractivity contribution in [3.8, 4) is 0 Å². The van der Waals surface area contributed by atoms with Gasteiger partial charge in [0.2, 0.25) is 5.91 Å². The predicted octanol–water partition coefficient (Wildman–Crippen LogP) is 1.87. The summed E-state index contributed by atoms with van der Waals surface area (Å²) in [4.78, 5) is 23.4. The van der Waals surface area contributed by atoms with E-state index in [9.17, 15) is 27.2 Å². The number of nitrogens with zero attached hydrogens (tertiary/aromatic N) is 1. The standard InChI is InChI=1S/C12H10F4N2O2/c13-10(14)12(15,16)11(20)18-5-7-3-1-2-4-8(7)17-9(19)6-18/h1-4,10H,5-6H2,(H,17,19). The zero-order valence-corrected chi connectivity index (χ0v) is 10.1. The third kappa shape index (κ3) is 2.59. The van der Waals surface area contributed by atoms with Crippen LogP contribution in [-0.2, 0) is 16.1 Å². The van der Waals surface area contributed by atoms with Crippen molar-refractivity contribution < 1.29 is 27.2 Å². The molecule has 1 aliphatic rings. The van der Waals surface area contributed by atoms with Crippen molar-refractivity contribution >= 4 is 17.5 Å². The van der Waals surface area contributed by atoms with Gasteiger partial charge in [-0.25, -0.2) is 8.78 Å². The van der Waals surface area contributed by atoms with Crippen LogP contribution in [0.15, 0.2) is 24.3 Å². The lowest BCUT2D eigenvalue weighted by molar-refractivity contribution is -0.181. The Morgan fingerprint density at radius 2 is 1.90 bits per heavy atom. The second kappa shape index (κ2) is 5.10. The molecule has 1 heterocycles. The molecular formula is C12H10F4N2O2. The van der Waals surface area contributed by atoms with Gasteiger partial charge in [-0.1, -0.05) is 18.2 Å². The molecule has 0 atom stereocenters. The van der Waals surface area contributed by atoms with Gasteiger partial charge in [0, 0.05) is 12.2 Å². The Hall–Kier alpha value is -2.12. The quantitative estimate of drug-likeness (QED) is 0.845. The molecule has 0 aromatic heterocycles. The van der Waals surface area contributed by atoms with E-state index in [1.165, 1.54) is 12.1 Å². The average Bonchev–Trinajstić information content (AvgIpc) is 2.55. The number of amides is 2. The summed E-state index contributed by atoms with van der Waals surface area (Å²) >= 11 is 0. The molecule has 0 spiro atoms. The van der Waals surface area contributed by atoms with Crippen molar-refractivity contribution in [2.45, 2.75) is 18.9 Å².